The molecule has 0 radical (unpaired) electrons. The van der Waals surface area contributed by atoms with Crippen LogP contribution in [0, 0.1) is 5.82 Å². The van der Waals surface area contributed by atoms with E-state index in [9.17, 15) is 24.2 Å². The van der Waals surface area contributed by atoms with Gasteiger partial charge in [-0.1, -0.05) is 35.3 Å². The number of aliphatic hydroxyl groups is 1. The van der Waals surface area contributed by atoms with E-state index < -0.39 is 29.3 Å². The Hall–Kier alpha value is -3.55. The van der Waals surface area contributed by atoms with E-state index in [1.807, 2.05) is 0 Å². The van der Waals surface area contributed by atoms with Crippen LogP contribution in [0.1, 0.15) is 17.2 Å². The highest BCUT2D eigenvalue weighted by atomic mass is 35.5. The van der Waals surface area contributed by atoms with Gasteiger partial charge in [0.1, 0.15) is 23.1 Å². The monoisotopic (exact) mass is 487 g/mol. The van der Waals surface area contributed by atoms with E-state index in [2.05, 4.69) is 0 Å². The fourth-order valence-electron chi connectivity index (χ4n) is 3.76. The minimum Gasteiger partial charge on any atom is -0.508 e. The Morgan fingerprint density at radius 1 is 1.00 bits per heavy atom. The maximum atomic E-state index is 14.0. The number of ether oxygens (including phenoxy) is 1. The minimum absolute atomic E-state index is 0.0340. The third kappa shape index (κ3) is 4.13. The van der Waals surface area contributed by atoms with Crippen molar-refractivity contribution in [2.24, 2.45) is 0 Å². The van der Waals surface area contributed by atoms with Crippen LogP contribution < -0.4 is 9.64 Å². The highest BCUT2D eigenvalue weighted by Gasteiger charge is 2.47. The van der Waals surface area contributed by atoms with Gasteiger partial charge in [-0.2, -0.15) is 0 Å². The summed E-state index contributed by atoms with van der Waals surface area (Å²) in [7, 11) is 1.33. The highest BCUT2D eigenvalue weighted by molar-refractivity contribution is 6.52. The molecule has 4 rings (SSSR count). The van der Waals surface area contributed by atoms with Gasteiger partial charge in [0.05, 0.1) is 24.3 Å². The average molecular weight is 488 g/mol. The van der Waals surface area contributed by atoms with Crippen molar-refractivity contribution in [1.29, 1.82) is 0 Å². The Kier molecular flexibility index (Phi) is 6.01. The molecule has 0 aliphatic carbocycles. The zero-order valence-electron chi connectivity index (χ0n) is 17.1. The summed E-state index contributed by atoms with van der Waals surface area (Å²) in [4.78, 5) is 27.4. The minimum atomic E-state index is -1.12. The van der Waals surface area contributed by atoms with Crippen LogP contribution >= 0.6 is 23.2 Å². The van der Waals surface area contributed by atoms with Crippen molar-refractivity contribution in [3.05, 3.63) is 93.2 Å². The van der Waals surface area contributed by atoms with Gasteiger partial charge in [-0.15, -0.1) is 0 Å². The first kappa shape index (κ1) is 22.6. The van der Waals surface area contributed by atoms with Gasteiger partial charge in [0.25, 0.3) is 11.7 Å². The number of halogens is 3. The number of rotatable bonds is 4. The normalized spacial score (nSPS) is 17.5. The zero-order valence-corrected chi connectivity index (χ0v) is 18.6. The van der Waals surface area contributed by atoms with Crippen LogP contribution in [0.15, 0.2) is 66.2 Å². The van der Waals surface area contributed by atoms with Gasteiger partial charge in [-0.05, 0) is 54.1 Å². The average Bonchev–Trinajstić information content (AvgIpc) is 3.03. The van der Waals surface area contributed by atoms with E-state index in [0.717, 1.165) is 17.0 Å². The zero-order chi connectivity index (χ0) is 23.9. The molecular weight excluding hydrogens is 472 g/mol. The lowest BCUT2D eigenvalue weighted by Crippen LogP contribution is -2.29. The number of hydrogen-bond acceptors (Lipinski definition) is 5. The number of phenolic OH excluding ortho intramolecular Hbond substituents is 1. The maximum absolute atomic E-state index is 14.0. The SMILES string of the molecule is COc1ccc(F)cc1/C(O)=C1\C(=O)C(=O)N(c2cc(Cl)cc(Cl)c2)C1c1ccc(O)cc1. The molecule has 1 heterocycles. The molecule has 1 aliphatic rings. The predicted molar refractivity (Wildman–Crippen MR) is 122 cm³/mol. The molecule has 0 saturated carbocycles. The Bertz CT molecular complexity index is 1290. The van der Waals surface area contributed by atoms with E-state index in [1.54, 1.807) is 0 Å². The van der Waals surface area contributed by atoms with E-state index in [4.69, 9.17) is 27.9 Å². The van der Waals surface area contributed by atoms with Crippen molar-refractivity contribution in [3.63, 3.8) is 0 Å². The number of Topliss-reactive ketones (excluding diaryl/α,β-unsaturated/α-hetero) is 1. The second-order valence-electron chi connectivity index (χ2n) is 7.23. The molecule has 1 amide bonds. The summed E-state index contributed by atoms with van der Waals surface area (Å²) in [5.74, 6) is -3.15. The van der Waals surface area contributed by atoms with Gasteiger partial charge in [0.15, 0.2) is 0 Å². The van der Waals surface area contributed by atoms with Crippen LogP contribution in [0.4, 0.5) is 10.1 Å². The smallest absolute Gasteiger partial charge is 0.300 e. The summed E-state index contributed by atoms with van der Waals surface area (Å²) in [6.07, 6.45) is 0. The summed E-state index contributed by atoms with van der Waals surface area (Å²) in [5, 5.41) is 21.3. The molecule has 3 aromatic carbocycles. The van der Waals surface area contributed by atoms with Crippen LogP contribution in [-0.4, -0.2) is 29.0 Å². The molecule has 1 atom stereocenters. The van der Waals surface area contributed by atoms with Gasteiger partial charge in [-0.25, -0.2) is 4.39 Å². The van der Waals surface area contributed by atoms with Gasteiger partial charge >= 0.3 is 0 Å². The Morgan fingerprint density at radius 2 is 1.64 bits per heavy atom. The summed E-state index contributed by atoms with van der Waals surface area (Å²) in [6.45, 7) is 0. The van der Waals surface area contributed by atoms with Gasteiger partial charge < -0.3 is 14.9 Å². The molecule has 168 valence electrons. The first-order chi connectivity index (χ1) is 15.7. The highest BCUT2D eigenvalue weighted by Crippen LogP contribution is 2.44. The lowest BCUT2D eigenvalue weighted by Gasteiger charge is -2.26. The van der Waals surface area contributed by atoms with Crippen molar-refractivity contribution >= 4 is 46.3 Å². The Labute approximate surface area is 198 Å². The second kappa shape index (κ2) is 8.77. The first-order valence-electron chi connectivity index (χ1n) is 9.61. The van der Waals surface area contributed by atoms with Crippen molar-refractivity contribution in [2.75, 3.05) is 12.0 Å². The van der Waals surface area contributed by atoms with Crippen LogP contribution in [0.3, 0.4) is 0 Å². The summed E-state index contributed by atoms with van der Waals surface area (Å²) in [6, 6.07) is 12.5. The molecule has 33 heavy (non-hydrogen) atoms. The topological polar surface area (TPSA) is 87.1 Å². The lowest BCUT2D eigenvalue weighted by molar-refractivity contribution is -0.132. The number of carbonyl (C=O) groups excluding carboxylic acids is 2. The van der Waals surface area contributed by atoms with Gasteiger partial charge in [0, 0.05) is 15.7 Å². The van der Waals surface area contributed by atoms with Crippen molar-refractivity contribution in [2.45, 2.75) is 6.04 Å². The number of aliphatic hydroxyl groups excluding tert-OH is 1. The number of nitrogens with zero attached hydrogens (tertiary/aromatic N) is 1. The Balaban J connectivity index is 2.00. The van der Waals surface area contributed by atoms with E-state index >= 15 is 0 Å². The molecule has 3 aromatic rings. The van der Waals surface area contributed by atoms with Crippen molar-refractivity contribution < 1.29 is 28.9 Å². The number of benzene rings is 3. The first-order valence-corrected chi connectivity index (χ1v) is 10.4. The van der Waals surface area contributed by atoms with Crippen LogP contribution in [0.25, 0.3) is 5.76 Å². The number of amides is 1. The molecule has 0 aromatic heterocycles. The van der Waals surface area contributed by atoms with Gasteiger partial charge in [-0.3, -0.25) is 14.5 Å². The van der Waals surface area contributed by atoms with Crippen molar-refractivity contribution in [3.8, 4) is 11.5 Å². The number of aromatic hydroxyl groups is 1. The third-order valence-electron chi connectivity index (χ3n) is 5.20. The van der Waals surface area contributed by atoms with Crippen LogP contribution in [0.2, 0.25) is 10.0 Å². The number of methoxy groups -OCH3 is 1. The second-order valence-corrected chi connectivity index (χ2v) is 8.11. The molecule has 1 unspecified atom stereocenters. The number of hydrogen-bond donors (Lipinski definition) is 2. The van der Waals surface area contributed by atoms with Crippen LogP contribution in [0.5, 0.6) is 11.5 Å². The molecule has 9 heteroatoms. The molecule has 0 bridgehead atoms. The summed E-state index contributed by atoms with van der Waals surface area (Å²) < 4.78 is 19.2. The maximum Gasteiger partial charge on any atom is 0.300 e. The number of anilines is 1. The fourth-order valence-corrected chi connectivity index (χ4v) is 4.27. The molecule has 2 N–H and O–H groups in total. The molecule has 1 aliphatic heterocycles. The third-order valence-corrected chi connectivity index (χ3v) is 5.63. The van der Waals surface area contributed by atoms with E-state index in [0.29, 0.717) is 5.56 Å². The largest absolute Gasteiger partial charge is 0.508 e. The standard InChI is InChI=1S/C24H16Cl2FNO5/c1-33-19-7-4-15(27)11-18(19)22(30)20-21(12-2-5-17(29)6-3-12)28(24(32)23(20)31)16-9-13(25)8-14(26)10-16/h2-11,21,29-30H,1H3/b22-20+. The fraction of sp³-hybridized carbons (Fsp3) is 0.0833. The number of carbonyl (C=O) groups is 2. The molecular formula is C24H16Cl2FNO5. The van der Waals surface area contributed by atoms with E-state index in [1.165, 1.54) is 55.6 Å². The van der Waals surface area contributed by atoms with Crippen molar-refractivity contribution in [1.82, 2.24) is 0 Å². The molecule has 1 fully saturated rings. The number of phenols is 1. The number of ketones is 1. The van der Waals surface area contributed by atoms with E-state index in [-0.39, 0.29) is 38.4 Å². The lowest BCUT2D eigenvalue weighted by atomic mass is 9.94. The van der Waals surface area contributed by atoms with Gasteiger partial charge in [0.2, 0.25) is 0 Å². The van der Waals surface area contributed by atoms with Crippen LogP contribution in [-0.2, 0) is 9.59 Å². The molecule has 6 nitrogen and oxygen atoms in total. The summed E-state index contributed by atoms with van der Waals surface area (Å²) >= 11 is 12.2. The molecule has 0 spiro atoms. The Morgan fingerprint density at radius 3 is 2.24 bits per heavy atom. The quantitative estimate of drug-likeness (QED) is 0.289. The predicted octanol–water partition coefficient (Wildman–Crippen LogP) is 5.47. The molecule has 1 saturated heterocycles. The summed E-state index contributed by atoms with van der Waals surface area (Å²) in [5.41, 5.74) is 0.243.